The molecule has 0 unspecified atom stereocenters. The van der Waals surface area contributed by atoms with Crippen LogP contribution in [0.5, 0.6) is 0 Å². The fraction of sp³-hybridized carbons (Fsp3) is 1.00. The lowest BCUT2D eigenvalue weighted by molar-refractivity contribution is 0.444. The van der Waals surface area contributed by atoms with E-state index in [-0.39, 0.29) is 0 Å². The highest BCUT2D eigenvalue weighted by molar-refractivity contribution is 6.90. The average Bonchev–Trinajstić information content (AvgIpc) is 1.94. The van der Waals surface area contributed by atoms with Gasteiger partial charge in [0.1, 0.15) is 0 Å². The third-order valence-electron chi connectivity index (χ3n) is 5.27. The van der Waals surface area contributed by atoms with Gasteiger partial charge >= 0.3 is 0 Å². The average molecular weight is 271 g/mol. The first-order valence-electron chi connectivity index (χ1n) is 7.56. The van der Waals surface area contributed by atoms with Crippen LogP contribution in [0.1, 0.15) is 89.5 Å². The quantitative estimate of drug-likeness (QED) is 0.473. The van der Waals surface area contributed by atoms with Crippen molar-refractivity contribution in [3.63, 3.8) is 0 Å². The van der Waals surface area contributed by atoms with Crippen LogP contribution in [-0.4, -0.2) is 8.07 Å². The minimum absolute atomic E-state index is 0.406. The van der Waals surface area contributed by atoms with Gasteiger partial charge in [0.25, 0.3) is 0 Å². The molecule has 0 aromatic carbocycles. The highest BCUT2D eigenvalue weighted by Gasteiger charge is 2.65. The van der Waals surface area contributed by atoms with E-state index in [0.717, 1.165) is 0 Å². The minimum atomic E-state index is -1.63. The van der Waals surface area contributed by atoms with Gasteiger partial charge in [-0.1, -0.05) is 89.5 Å². The molecule has 0 saturated carbocycles. The Kier molecular flexibility index (Phi) is 4.70. The summed E-state index contributed by atoms with van der Waals surface area (Å²) in [5.74, 6) is 0. The summed E-state index contributed by atoms with van der Waals surface area (Å²) >= 11 is 0. The van der Waals surface area contributed by atoms with E-state index in [0.29, 0.717) is 20.2 Å². The highest BCUT2D eigenvalue weighted by Crippen LogP contribution is 2.71. The van der Waals surface area contributed by atoms with Crippen molar-refractivity contribution in [1.82, 2.24) is 0 Å². The Morgan fingerprint density at radius 2 is 0.778 bits per heavy atom. The molecule has 0 radical (unpaired) electrons. The van der Waals surface area contributed by atoms with Gasteiger partial charge in [-0.3, -0.25) is 0 Å². The van der Waals surface area contributed by atoms with Crippen LogP contribution in [0.2, 0.25) is 20.2 Å². The number of hydrogen-bond donors (Lipinski definition) is 0. The molecule has 0 heterocycles. The molecule has 0 saturated heterocycles. The van der Waals surface area contributed by atoms with Gasteiger partial charge in [0.2, 0.25) is 0 Å². The van der Waals surface area contributed by atoms with E-state index in [9.17, 15) is 0 Å². The van der Waals surface area contributed by atoms with Gasteiger partial charge in [0, 0.05) is 0 Å². The molecular weight excluding hydrogens is 232 g/mol. The van der Waals surface area contributed by atoms with Gasteiger partial charge in [0.15, 0.2) is 0 Å². The van der Waals surface area contributed by atoms with Crippen LogP contribution in [0.4, 0.5) is 0 Å². The lowest BCUT2D eigenvalue weighted by atomic mass is 10.1. The molecule has 0 aromatic rings. The predicted molar refractivity (Wildman–Crippen MR) is 89.2 cm³/mol. The second-order valence-corrected chi connectivity index (χ2v) is 17.1. The smallest absolute Gasteiger partial charge is 0.0651 e. The summed E-state index contributed by atoms with van der Waals surface area (Å²) in [5.41, 5.74) is 0. The standard InChI is InChI=1S/C17H38Si/c1-13-17(11,12)18(14(2,3)4,15(5,6)7)16(8,9)10/h13H2,1-12H3. The van der Waals surface area contributed by atoms with Gasteiger partial charge in [0.05, 0.1) is 8.07 Å². The van der Waals surface area contributed by atoms with Crippen molar-refractivity contribution in [2.75, 3.05) is 0 Å². The molecule has 0 amide bonds. The van der Waals surface area contributed by atoms with Crippen LogP contribution >= 0.6 is 0 Å². The Labute approximate surface area is 118 Å². The van der Waals surface area contributed by atoms with Crippen LogP contribution in [0.25, 0.3) is 0 Å². The lowest BCUT2D eigenvalue weighted by Crippen LogP contribution is -2.64. The first-order chi connectivity index (χ1) is 7.56. The molecule has 0 atom stereocenters. The topological polar surface area (TPSA) is 0 Å². The van der Waals surface area contributed by atoms with Crippen LogP contribution in [0.15, 0.2) is 0 Å². The molecule has 0 aliphatic heterocycles. The molecule has 18 heavy (non-hydrogen) atoms. The molecule has 0 fully saturated rings. The third-order valence-corrected chi connectivity index (χ3v) is 14.4. The zero-order chi connectivity index (χ0) is 15.2. The monoisotopic (exact) mass is 270 g/mol. The van der Waals surface area contributed by atoms with Crippen LogP contribution in [0.3, 0.4) is 0 Å². The zero-order valence-corrected chi connectivity index (χ0v) is 16.2. The minimum Gasteiger partial charge on any atom is -0.0651 e. The van der Waals surface area contributed by atoms with Gasteiger partial charge < -0.3 is 0 Å². The summed E-state index contributed by atoms with van der Waals surface area (Å²) in [6, 6.07) is 0. The Morgan fingerprint density at radius 3 is 0.833 bits per heavy atom. The number of hydrogen-bond acceptors (Lipinski definition) is 0. The van der Waals surface area contributed by atoms with Gasteiger partial charge in [-0.25, -0.2) is 0 Å². The SMILES string of the molecule is CCC(C)(C)[Si](C(C)(C)C)(C(C)(C)C)C(C)(C)C. The molecule has 0 nitrogen and oxygen atoms in total. The fourth-order valence-corrected chi connectivity index (χ4v) is 20.1. The van der Waals surface area contributed by atoms with E-state index in [4.69, 9.17) is 0 Å². The largest absolute Gasteiger partial charge is 0.0754 e. The molecule has 110 valence electrons. The second-order valence-electron chi connectivity index (χ2n) is 9.74. The van der Waals surface area contributed by atoms with Gasteiger partial charge in [-0.2, -0.15) is 0 Å². The van der Waals surface area contributed by atoms with E-state index in [2.05, 4.69) is 83.1 Å². The van der Waals surface area contributed by atoms with Gasteiger partial charge in [-0.05, 0) is 20.2 Å². The van der Waals surface area contributed by atoms with Crippen molar-refractivity contribution in [3.05, 3.63) is 0 Å². The van der Waals surface area contributed by atoms with Crippen molar-refractivity contribution in [3.8, 4) is 0 Å². The molecular formula is C17H38Si. The molecule has 1 heteroatoms. The fourth-order valence-electron chi connectivity index (χ4n) is 6.69. The molecule has 0 N–H and O–H groups in total. The number of rotatable bonds is 2. The molecule has 0 aromatic heterocycles. The first kappa shape index (κ1) is 18.2. The Morgan fingerprint density at radius 1 is 0.556 bits per heavy atom. The van der Waals surface area contributed by atoms with E-state index >= 15 is 0 Å². The van der Waals surface area contributed by atoms with Crippen molar-refractivity contribution >= 4 is 8.07 Å². The third kappa shape index (κ3) is 2.44. The Balaban J connectivity index is 6.47. The maximum absolute atomic E-state index is 2.53. The Hall–Kier alpha value is 0.217. The Bertz CT molecular complexity index is 242. The zero-order valence-electron chi connectivity index (χ0n) is 15.2. The summed E-state index contributed by atoms with van der Waals surface area (Å²) < 4.78 is 0. The maximum Gasteiger partial charge on any atom is 0.0754 e. The molecule has 0 rings (SSSR count). The lowest BCUT2D eigenvalue weighted by Gasteiger charge is -2.67. The normalized spacial score (nSPS) is 16.0. The van der Waals surface area contributed by atoms with Crippen molar-refractivity contribution in [2.45, 2.75) is 110 Å². The predicted octanol–water partition coefficient (Wildman–Crippen LogP) is 7.03. The summed E-state index contributed by atoms with van der Waals surface area (Å²) in [4.78, 5) is 0. The van der Waals surface area contributed by atoms with Crippen molar-refractivity contribution in [2.24, 2.45) is 0 Å². The van der Waals surface area contributed by atoms with E-state index in [1.54, 1.807) is 0 Å². The van der Waals surface area contributed by atoms with Crippen LogP contribution < -0.4 is 0 Å². The van der Waals surface area contributed by atoms with Crippen LogP contribution in [-0.2, 0) is 0 Å². The molecule has 0 bridgehead atoms. The summed E-state index contributed by atoms with van der Waals surface area (Å²) in [5, 5.41) is 1.66. The van der Waals surface area contributed by atoms with E-state index in [1.807, 2.05) is 0 Å². The summed E-state index contributed by atoms with van der Waals surface area (Å²) in [7, 11) is -1.63. The van der Waals surface area contributed by atoms with Gasteiger partial charge in [-0.15, -0.1) is 0 Å². The van der Waals surface area contributed by atoms with Crippen molar-refractivity contribution in [1.29, 1.82) is 0 Å². The molecule has 0 spiro atoms. The first-order valence-corrected chi connectivity index (χ1v) is 9.56. The second kappa shape index (κ2) is 4.65. The van der Waals surface area contributed by atoms with Crippen molar-refractivity contribution < 1.29 is 0 Å². The van der Waals surface area contributed by atoms with E-state index < -0.39 is 8.07 Å². The maximum atomic E-state index is 2.53. The molecule has 0 aliphatic carbocycles. The van der Waals surface area contributed by atoms with Crippen LogP contribution in [0, 0.1) is 0 Å². The summed E-state index contributed by atoms with van der Waals surface area (Å²) in [6.45, 7) is 29.9. The molecule has 0 aliphatic rings. The highest BCUT2D eigenvalue weighted by atomic mass is 28.3. The van der Waals surface area contributed by atoms with E-state index in [1.165, 1.54) is 6.42 Å². The summed E-state index contributed by atoms with van der Waals surface area (Å²) in [6.07, 6.45) is 1.28.